The minimum absolute atomic E-state index is 0.638. The number of thiol groups is 1. The van der Waals surface area contributed by atoms with Crippen LogP contribution in [0.3, 0.4) is 0 Å². The van der Waals surface area contributed by atoms with Crippen molar-refractivity contribution >= 4 is 12.6 Å². The Hall–Kier alpha value is 0.350. The molecule has 0 radical (unpaired) electrons. The summed E-state index contributed by atoms with van der Waals surface area (Å²) in [5.41, 5.74) is 0. The number of rotatable bonds is 7. The molecule has 0 aromatic carbocycles. The summed E-state index contributed by atoms with van der Waals surface area (Å²) in [7, 11) is 0. The number of hydrogen-bond donors (Lipinski definition) is 1. The van der Waals surface area contributed by atoms with Crippen LogP contribution >= 0.6 is 12.6 Å². The predicted molar refractivity (Wildman–Crippen MR) is 61.0 cm³/mol. The van der Waals surface area contributed by atoms with Gasteiger partial charge in [-0.15, -0.1) is 0 Å². The van der Waals surface area contributed by atoms with Crippen molar-refractivity contribution < 1.29 is 0 Å². The first-order valence-electron chi connectivity index (χ1n) is 5.42. The van der Waals surface area contributed by atoms with E-state index in [0.29, 0.717) is 5.25 Å². The van der Waals surface area contributed by atoms with Crippen molar-refractivity contribution in [1.82, 2.24) is 0 Å². The summed E-state index contributed by atoms with van der Waals surface area (Å²) >= 11 is 4.49. The van der Waals surface area contributed by atoms with E-state index in [4.69, 9.17) is 0 Å². The second kappa shape index (κ2) is 7.97. The predicted octanol–water partition coefficient (Wildman–Crippen LogP) is 4.30. The highest BCUT2D eigenvalue weighted by Crippen LogP contribution is 2.18. The zero-order valence-electron chi connectivity index (χ0n) is 8.84. The van der Waals surface area contributed by atoms with Gasteiger partial charge in [0.2, 0.25) is 0 Å². The van der Waals surface area contributed by atoms with Crippen molar-refractivity contribution in [3.05, 3.63) is 0 Å². The van der Waals surface area contributed by atoms with Crippen molar-refractivity contribution in [2.24, 2.45) is 5.92 Å². The van der Waals surface area contributed by atoms with Crippen molar-refractivity contribution in [2.45, 2.75) is 64.5 Å². The molecule has 74 valence electrons. The minimum atomic E-state index is 0.638. The maximum absolute atomic E-state index is 4.49. The molecule has 0 aromatic rings. The molecule has 0 heterocycles. The van der Waals surface area contributed by atoms with Crippen LogP contribution in [0.5, 0.6) is 0 Å². The van der Waals surface area contributed by atoms with Gasteiger partial charge < -0.3 is 0 Å². The van der Waals surface area contributed by atoms with E-state index in [0.717, 1.165) is 5.92 Å². The van der Waals surface area contributed by atoms with Gasteiger partial charge in [-0.25, -0.2) is 0 Å². The third-order valence-electron chi connectivity index (χ3n) is 2.78. The van der Waals surface area contributed by atoms with Crippen LogP contribution in [0.15, 0.2) is 0 Å². The van der Waals surface area contributed by atoms with Crippen LogP contribution in [0.25, 0.3) is 0 Å². The first kappa shape index (κ1) is 12.3. The van der Waals surface area contributed by atoms with Crippen LogP contribution in [0.2, 0.25) is 0 Å². The summed E-state index contributed by atoms with van der Waals surface area (Å²) in [6.07, 6.45) is 7.99. The van der Waals surface area contributed by atoms with Crippen molar-refractivity contribution in [3.8, 4) is 0 Å². The van der Waals surface area contributed by atoms with Gasteiger partial charge in [-0.2, -0.15) is 12.6 Å². The topological polar surface area (TPSA) is 0 Å². The lowest BCUT2D eigenvalue weighted by Crippen LogP contribution is -2.00. The first-order valence-corrected chi connectivity index (χ1v) is 5.94. The molecule has 0 nitrogen and oxygen atoms in total. The third kappa shape index (κ3) is 5.93. The Bertz CT molecular complexity index is 87.0. The molecule has 1 atom stereocenters. The Balaban J connectivity index is 3.28. The fourth-order valence-electron chi connectivity index (χ4n) is 1.54. The summed E-state index contributed by atoms with van der Waals surface area (Å²) in [6.45, 7) is 6.81. The monoisotopic (exact) mass is 188 g/mol. The van der Waals surface area contributed by atoms with Crippen molar-refractivity contribution in [1.29, 1.82) is 0 Å². The molecule has 12 heavy (non-hydrogen) atoms. The summed E-state index contributed by atoms with van der Waals surface area (Å²) in [5, 5.41) is 0.638. The molecule has 1 heteroatoms. The largest absolute Gasteiger partial charge is 0.176 e. The van der Waals surface area contributed by atoms with Crippen LogP contribution in [0, 0.1) is 5.92 Å². The van der Waals surface area contributed by atoms with E-state index in [2.05, 4.69) is 33.4 Å². The lowest BCUT2D eigenvalue weighted by atomic mass is 9.96. The van der Waals surface area contributed by atoms with Crippen LogP contribution in [-0.2, 0) is 0 Å². The van der Waals surface area contributed by atoms with Gasteiger partial charge in [-0.1, -0.05) is 46.5 Å². The van der Waals surface area contributed by atoms with E-state index < -0.39 is 0 Å². The molecule has 0 aliphatic carbocycles. The molecule has 0 fully saturated rings. The Morgan fingerprint density at radius 2 is 1.50 bits per heavy atom. The first-order chi connectivity index (χ1) is 5.74. The highest BCUT2D eigenvalue weighted by Gasteiger charge is 2.04. The van der Waals surface area contributed by atoms with E-state index in [-0.39, 0.29) is 0 Å². The zero-order valence-corrected chi connectivity index (χ0v) is 9.74. The van der Waals surface area contributed by atoms with Crippen LogP contribution in [-0.4, -0.2) is 5.25 Å². The minimum Gasteiger partial charge on any atom is -0.176 e. The van der Waals surface area contributed by atoms with Gasteiger partial charge in [-0.05, 0) is 18.8 Å². The maximum Gasteiger partial charge on any atom is 0.00141 e. The smallest absolute Gasteiger partial charge is 0.00141 e. The van der Waals surface area contributed by atoms with Gasteiger partial charge in [-0.3, -0.25) is 0 Å². The van der Waals surface area contributed by atoms with Gasteiger partial charge >= 0.3 is 0 Å². The van der Waals surface area contributed by atoms with Gasteiger partial charge in [0, 0.05) is 5.25 Å². The van der Waals surface area contributed by atoms with E-state index in [1.165, 1.54) is 38.5 Å². The molecular weight excluding hydrogens is 164 g/mol. The Labute approximate surface area is 83.5 Å². The highest BCUT2D eigenvalue weighted by atomic mass is 32.1. The van der Waals surface area contributed by atoms with Crippen LogP contribution in [0.1, 0.15) is 59.3 Å². The van der Waals surface area contributed by atoms with Gasteiger partial charge in [0.05, 0.1) is 0 Å². The van der Waals surface area contributed by atoms with E-state index in [1.807, 2.05) is 0 Å². The standard InChI is InChI=1S/C11H24S/c1-4-10(5-2)8-7-9-11(12)6-3/h10-12H,4-9H2,1-3H3. The second-order valence-electron chi connectivity index (χ2n) is 3.68. The molecule has 0 rings (SSSR count). The third-order valence-corrected chi connectivity index (χ3v) is 3.40. The fraction of sp³-hybridized carbons (Fsp3) is 1.00. The zero-order chi connectivity index (χ0) is 9.40. The molecule has 0 spiro atoms. The maximum atomic E-state index is 4.49. The normalized spacial score (nSPS) is 13.8. The summed E-state index contributed by atoms with van der Waals surface area (Å²) in [6, 6.07) is 0. The van der Waals surface area contributed by atoms with E-state index >= 15 is 0 Å². The second-order valence-corrected chi connectivity index (χ2v) is 4.41. The van der Waals surface area contributed by atoms with Gasteiger partial charge in [0.25, 0.3) is 0 Å². The lowest BCUT2D eigenvalue weighted by molar-refractivity contribution is 0.431. The lowest BCUT2D eigenvalue weighted by Gasteiger charge is -2.13. The Morgan fingerprint density at radius 3 is 1.92 bits per heavy atom. The summed E-state index contributed by atoms with van der Waals surface area (Å²) in [4.78, 5) is 0. The SMILES string of the molecule is CCC(S)CCCC(CC)CC. The molecule has 0 aliphatic rings. The molecular formula is C11H24S. The van der Waals surface area contributed by atoms with Crippen LogP contribution in [0.4, 0.5) is 0 Å². The van der Waals surface area contributed by atoms with E-state index in [9.17, 15) is 0 Å². The average Bonchev–Trinajstić information content (AvgIpc) is 2.12. The Kier molecular flexibility index (Phi) is 8.20. The molecule has 0 N–H and O–H groups in total. The van der Waals surface area contributed by atoms with Gasteiger partial charge in [0.1, 0.15) is 0 Å². The Morgan fingerprint density at radius 1 is 0.917 bits per heavy atom. The molecule has 0 aliphatic heterocycles. The average molecular weight is 188 g/mol. The quantitative estimate of drug-likeness (QED) is 0.566. The van der Waals surface area contributed by atoms with Crippen molar-refractivity contribution in [2.75, 3.05) is 0 Å². The van der Waals surface area contributed by atoms with Gasteiger partial charge in [0.15, 0.2) is 0 Å². The molecule has 0 saturated carbocycles. The number of hydrogen-bond acceptors (Lipinski definition) is 1. The molecule has 1 unspecified atom stereocenters. The van der Waals surface area contributed by atoms with Crippen LogP contribution < -0.4 is 0 Å². The molecule has 0 bridgehead atoms. The highest BCUT2D eigenvalue weighted by molar-refractivity contribution is 7.80. The molecule has 0 saturated heterocycles. The molecule has 0 amide bonds. The van der Waals surface area contributed by atoms with E-state index in [1.54, 1.807) is 0 Å². The summed E-state index contributed by atoms with van der Waals surface area (Å²) in [5.74, 6) is 0.961. The fourth-order valence-corrected chi connectivity index (χ4v) is 1.73. The molecule has 0 aromatic heterocycles. The summed E-state index contributed by atoms with van der Waals surface area (Å²) < 4.78 is 0. The van der Waals surface area contributed by atoms with Crippen molar-refractivity contribution in [3.63, 3.8) is 0 Å².